The quantitative estimate of drug-likeness (QED) is 0.417. The fourth-order valence-corrected chi connectivity index (χ4v) is 3.40. The van der Waals surface area contributed by atoms with Crippen molar-refractivity contribution in [3.05, 3.63) is 53.6 Å². The van der Waals surface area contributed by atoms with Crippen molar-refractivity contribution in [3.63, 3.8) is 0 Å². The molecule has 2 aromatic carbocycles. The number of nitrogens with zero attached hydrogens (tertiary/aromatic N) is 1. The lowest BCUT2D eigenvalue weighted by Gasteiger charge is -2.22. The second-order valence-corrected chi connectivity index (χ2v) is 7.23. The van der Waals surface area contributed by atoms with Gasteiger partial charge in [-0.3, -0.25) is 30.1 Å². The first-order chi connectivity index (χ1) is 15.7. The maximum absolute atomic E-state index is 12.9. The molecule has 0 bridgehead atoms. The summed E-state index contributed by atoms with van der Waals surface area (Å²) in [6.07, 6.45) is 0. The molecule has 0 aliphatic carbocycles. The number of hydrogen-bond acceptors (Lipinski definition) is 7. The summed E-state index contributed by atoms with van der Waals surface area (Å²) in [6, 6.07) is 10.8. The molecule has 0 aromatic heterocycles. The fourth-order valence-electron chi connectivity index (χ4n) is 3.40. The predicted octanol–water partition coefficient (Wildman–Crippen LogP) is 0.941. The molecule has 1 saturated heterocycles. The van der Waals surface area contributed by atoms with Gasteiger partial charge in [0, 0.05) is 5.56 Å². The van der Waals surface area contributed by atoms with Crippen LogP contribution in [0, 0.1) is 0 Å². The standard InChI is InChI=1S/C22H24N4O7/c1-22(14-8-6-5-7-9-14)20(29)26(21(30)23-22)12-17(27)24-25-19(28)13-10-15(31-2)18(33-4)16(11-13)32-3/h5-11H,12H2,1-4H3,(H,23,30)(H,24,27)(H,25,28)/t22-/m1/s1. The largest absolute Gasteiger partial charge is 0.493 e. The number of hydrazine groups is 1. The van der Waals surface area contributed by atoms with Crippen molar-refractivity contribution >= 4 is 23.8 Å². The zero-order valence-corrected chi connectivity index (χ0v) is 18.6. The number of nitrogens with one attached hydrogen (secondary N) is 3. The van der Waals surface area contributed by atoms with Gasteiger partial charge in [0.1, 0.15) is 12.1 Å². The maximum Gasteiger partial charge on any atom is 0.325 e. The molecule has 1 heterocycles. The van der Waals surface area contributed by atoms with Crippen molar-refractivity contribution in [2.45, 2.75) is 12.5 Å². The molecule has 3 N–H and O–H groups in total. The third-order valence-electron chi connectivity index (χ3n) is 5.17. The van der Waals surface area contributed by atoms with Gasteiger partial charge in [0.2, 0.25) is 5.75 Å². The molecule has 3 rings (SSSR count). The lowest BCUT2D eigenvalue weighted by molar-refractivity contribution is -0.135. The lowest BCUT2D eigenvalue weighted by atomic mass is 9.92. The van der Waals surface area contributed by atoms with Crippen LogP contribution in [0.5, 0.6) is 17.2 Å². The molecule has 0 radical (unpaired) electrons. The van der Waals surface area contributed by atoms with E-state index in [2.05, 4.69) is 16.2 Å². The summed E-state index contributed by atoms with van der Waals surface area (Å²) in [5, 5.41) is 2.61. The van der Waals surface area contributed by atoms with Crippen LogP contribution in [0.15, 0.2) is 42.5 Å². The highest BCUT2D eigenvalue weighted by molar-refractivity contribution is 6.09. The predicted molar refractivity (Wildman–Crippen MR) is 116 cm³/mol. The van der Waals surface area contributed by atoms with Gasteiger partial charge in [-0.1, -0.05) is 30.3 Å². The van der Waals surface area contributed by atoms with Gasteiger partial charge in [-0.05, 0) is 24.6 Å². The number of benzene rings is 2. The van der Waals surface area contributed by atoms with Crippen molar-refractivity contribution in [2.75, 3.05) is 27.9 Å². The van der Waals surface area contributed by atoms with E-state index in [1.807, 2.05) is 0 Å². The van der Waals surface area contributed by atoms with E-state index >= 15 is 0 Å². The van der Waals surface area contributed by atoms with Crippen LogP contribution in [-0.2, 0) is 15.1 Å². The molecule has 1 aliphatic rings. The minimum absolute atomic E-state index is 0.122. The first kappa shape index (κ1) is 23.4. The summed E-state index contributed by atoms with van der Waals surface area (Å²) in [4.78, 5) is 50.9. The number of carbonyl (C=O) groups is 4. The van der Waals surface area contributed by atoms with Gasteiger partial charge in [-0.2, -0.15) is 0 Å². The minimum Gasteiger partial charge on any atom is -0.493 e. The maximum atomic E-state index is 12.9. The highest BCUT2D eigenvalue weighted by Gasteiger charge is 2.49. The molecule has 0 spiro atoms. The van der Waals surface area contributed by atoms with Crippen LogP contribution in [0.25, 0.3) is 0 Å². The van der Waals surface area contributed by atoms with Gasteiger partial charge in [-0.25, -0.2) is 4.79 Å². The minimum atomic E-state index is -1.29. The second kappa shape index (κ2) is 9.47. The number of ether oxygens (including phenoxy) is 3. The molecule has 0 saturated carbocycles. The summed E-state index contributed by atoms with van der Waals surface area (Å²) < 4.78 is 15.6. The van der Waals surface area contributed by atoms with E-state index in [0.717, 1.165) is 4.90 Å². The summed E-state index contributed by atoms with van der Waals surface area (Å²) in [7, 11) is 4.24. The Balaban J connectivity index is 1.65. The van der Waals surface area contributed by atoms with Crippen LogP contribution in [0.2, 0.25) is 0 Å². The smallest absolute Gasteiger partial charge is 0.325 e. The molecule has 1 fully saturated rings. The second-order valence-electron chi connectivity index (χ2n) is 7.23. The molecular formula is C22H24N4O7. The Bertz CT molecular complexity index is 1060. The molecule has 11 nitrogen and oxygen atoms in total. The first-order valence-corrected chi connectivity index (χ1v) is 9.84. The topological polar surface area (TPSA) is 135 Å². The molecule has 0 unspecified atom stereocenters. The zero-order chi connectivity index (χ0) is 24.2. The van der Waals surface area contributed by atoms with Crippen LogP contribution < -0.4 is 30.4 Å². The van der Waals surface area contributed by atoms with Crippen LogP contribution in [-0.4, -0.2) is 56.5 Å². The van der Waals surface area contributed by atoms with E-state index in [1.54, 1.807) is 37.3 Å². The van der Waals surface area contributed by atoms with Gasteiger partial charge in [0.15, 0.2) is 11.5 Å². The van der Waals surface area contributed by atoms with E-state index in [4.69, 9.17) is 14.2 Å². The summed E-state index contributed by atoms with van der Waals surface area (Å²) in [5.74, 6) is -1.20. The Morgan fingerprint density at radius 3 is 2.12 bits per heavy atom. The van der Waals surface area contributed by atoms with Crippen molar-refractivity contribution in [2.24, 2.45) is 0 Å². The number of rotatable bonds is 7. The van der Waals surface area contributed by atoms with E-state index in [9.17, 15) is 19.2 Å². The van der Waals surface area contributed by atoms with Crippen LogP contribution >= 0.6 is 0 Å². The summed E-state index contributed by atoms with van der Waals surface area (Å²) in [6.45, 7) is 0.981. The molecule has 174 valence electrons. The summed E-state index contributed by atoms with van der Waals surface area (Å²) in [5.41, 5.74) is 3.84. The van der Waals surface area contributed by atoms with Gasteiger partial charge in [0.05, 0.1) is 21.3 Å². The third kappa shape index (κ3) is 4.52. The summed E-state index contributed by atoms with van der Waals surface area (Å²) >= 11 is 0. The molecule has 5 amide bonds. The highest BCUT2D eigenvalue weighted by atomic mass is 16.5. The number of amides is 5. The van der Waals surface area contributed by atoms with E-state index in [1.165, 1.54) is 33.5 Å². The van der Waals surface area contributed by atoms with Crippen molar-refractivity contribution in [1.29, 1.82) is 0 Å². The van der Waals surface area contributed by atoms with E-state index < -0.39 is 35.8 Å². The number of hydrogen-bond donors (Lipinski definition) is 3. The third-order valence-corrected chi connectivity index (χ3v) is 5.17. The number of urea groups is 1. The molecule has 33 heavy (non-hydrogen) atoms. The number of methoxy groups -OCH3 is 3. The van der Waals surface area contributed by atoms with Crippen LogP contribution in [0.3, 0.4) is 0 Å². The van der Waals surface area contributed by atoms with Crippen molar-refractivity contribution in [1.82, 2.24) is 21.1 Å². The average molecular weight is 456 g/mol. The molecular weight excluding hydrogens is 432 g/mol. The Morgan fingerprint density at radius 2 is 1.58 bits per heavy atom. The SMILES string of the molecule is COc1cc(C(=O)NNC(=O)CN2C(=O)N[C@](C)(c3ccccc3)C2=O)cc(OC)c1OC. The van der Waals surface area contributed by atoms with Gasteiger partial charge in [-0.15, -0.1) is 0 Å². The van der Waals surface area contributed by atoms with E-state index in [-0.39, 0.29) is 17.1 Å². The Labute approximate surface area is 189 Å². The van der Waals surface area contributed by atoms with Gasteiger partial charge >= 0.3 is 6.03 Å². The number of imide groups is 1. The van der Waals surface area contributed by atoms with E-state index in [0.29, 0.717) is 11.3 Å². The Hall–Kier alpha value is -4.28. The number of carbonyl (C=O) groups excluding carboxylic acids is 4. The monoisotopic (exact) mass is 456 g/mol. The van der Waals surface area contributed by atoms with Gasteiger partial charge in [0.25, 0.3) is 17.7 Å². The van der Waals surface area contributed by atoms with Gasteiger partial charge < -0.3 is 19.5 Å². The highest BCUT2D eigenvalue weighted by Crippen LogP contribution is 2.38. The first-order valence-electron chi connectivity index (χ1n) is 9.84. The van der Waals surface area contributed by atoms with Crippen LogP contribution in [0.1, 0.15) is 22.8 Å². The molecule has 1 aliphatic heterocycles. The molecule has 1 atom stereocenters. The Kier molecular flexibility index (Phi) is 6.71. The van der Waals surface area contributed by atoms with Crippen molar-refractivity contribution < 1.29 is 33.4 Å². The molecule has 11 heteroatoms. The lowest BCUT2D eigenvalue weighted by Crippen LogP contribution is -2.48. The van der Waals surface area contributed by atoms with Crippen LogP contribution in [0.4, 0.5) is 4.79 Å². The normalized spacial score (nSPS) is 17.3. The average Bonchev–Trinajstić information content (AvgIpc) is 3.05. The van der Waals surface area contributed by atoms with Crippen molar-refractivity contribution in [3.8, 4) is 17.2 Å². The molecule has 2 aromatic rings. The zero-order valence-electron chi connectivity index (χ0n) is 18.6. The Morgan fingerprint density at radius 1 is 0.970 bits per heavy atom. The fraction of sp³-hybridized carbons (Fsp3) is 0.273.